The summed E-state index contributed by atoms with van der Waals surface area (Å²) in [6.45, 7) is 3.27. The number of hydrogen-bond donors (Lipinski definition) is 0. The standard InChI is InChI=1S/C15H16Cl2N2O3/c16-12-8-11(19-9-10(15(17)21)7-14(19)20)1-2-13(12)18-3-5-22-6-4-18/h1-2,8,10H,3-7,9H2. The monoisotopic (exact) mass is 342 g/mol. The maximum Gasteiger partial charge on any atom is 0.227 e. The Morgan fingerprint density at radius 3 is 2.59 bits per heavy atom. The van der Waals surface area contributed by atoms with Crippen LogP contribution in [0, 0.1) is 5.92 Å². The fourth-order valence-electron chi connectivity index (χ4n) is 2.83. The van der Waals surface area contributed by atoms with Crippen molar-refractivity contribution in [1.82, 2.24) is 0 Å². The SMILES string of the molecule is O=C(Cl)C1CC(=O)N(c2ccc(N3CCOCC3)c(Cl)c2)C1. The van der Waals surface area contributed by atoms with E-state index in [9.17, 15) is 9.59 Å². The minimum atomic E-state index is -0.466. The van der Waals surface area contributed by atoms with Crippen molar-refractivity contribution >= 4 is 45.7 Å². The fraction of sp³-hybridized carbons (Fsp3) is 0.467. The molecule has 1 unspecified atom stereocenters. The summed E-state index contributed by atoms with van der Waals surface area (Å²) in [5.41, 5.74) is 1.64. The third-order valence-electron chi connectivity index (χ3n) is 4.04. The van der Waals surface area contributed by atoms with Crippen molar-refractivity contribution in [1.29, 1.82) is 0 Å². The van der Waals surface area contributed by atoms with Crippen molar-refractivity contribution in [2.45, 2.75) is 6.42 Å². The van der Waals surface area contributed by atoms with Crippen LogP contribution in [0.1, 0.15) is 6.42 Å². The molecule has 7 heteroatoms. The summed E-state index contributed by atoms with van der Waals surface area (Å²) < 4.78 is 5.33. The van der Waals surface area contributed by atoms with Crippen LogP contribution in [0.15, 0.2) is 18.2 Å². The molecule has 5 nitrogen and oxygen atoms in total. The summed E-state index contributed by atoms with van der Waals surface area (Å²) in [6.07, 6.45) is 0.158. The van der Waals surface area contributed by atoms with Crippen LogP contribution >= 0.6 is 23.2 Å². The Labute approximate surface area is 138 Å². The minimum Gasteiger partial charge on any atom is -0.378 e. The van der Waals surface area contributed by atoms with Gasteiger partial charge in [-0.15, -0.1) is 0 Å². The van der Waals surface area contributed by atoms with Gasteiger partial charge in [-0.25, -0.2) is 0 Å². The van der Waals surface area contributed by atoms with Crippen LogP contribution in [0.25, 0.3) is 0 Å². The van der Waals surface area contributed by atoms with Gasteiger partial charge in [-0.05, 0) is 29.8 Å². The van der Waals surface area contributed by atoms with E-state index < -0.39 is 11.2 Å². The van der Waals surface area contributed by atoms with Crippen LogP contribution in [-0.2, 0) is 14.3 Å². The lowest BCUT2D eigenvalue weighted by atomic mass is 10.1. The predicted octanol–water partition coefficient (Wildman–Crippen LogP) is 2.29. The van der Waals surface area contributed by atoms with Crippen molar-refractivity contribution in [2.75, 3.05) is 42.6 Å². The van der Waals surface area contributed by atoms with Gasteiger partial charge in [0, 0.05) is 31.7 Å². The summed E-state index contributed by atoms with van der Waals surface area (Å²) in [5.74, 6) is -0.541. The van der Waals surface area contributed by atoms with Gasteiger partial charge in [-0.3, -0.25) is 9.59 Å². The van der Waals surface area contributed by atoms with Gasteiger partial charge in [-0.2, -0.15) is 0 Å². The molecule has 0 bridgehead atoms. The average Bonchev–Trinajstić information content (AvgIpc) is 2.90. The topological polar surface area (TPSA) is 49.9 Å². The molecule has 2 fully saturated rings. The number of carbonyl (C=O) groups is 2. The molecular weight excluding hydrogens is 327 g/mol. The molecule has 0 saturated carbocycles. The molecule has 2 aliphatic rings. The molecule has 3 rings (SSSR count). The number of anilines is 2. The van der Waals surface area contributed by atoms with Gasteiger partial charge in [0.2, 0.25) is 11.1 Å². The molecule has 1 aromatic rings. The van der Waals surface area contributed by atoms with E-state index in [2.05, 4.69) is 4.90 Å². The Bertz CT molecular complexity index is 602. The van der Waals surface area contributed by atoms with Gasteiger partial charge in [0.25, 0.3) is 0 Å². The molecule has 118 valence electrons. The van der Waals surface area contributed by atoms with Crippen LogP contribution in [0.4, 0.5) is 11.4 Å². The molecule has 0 aliphatic carbocycles. The van der Waals surface area contributed by atoms with Crippen molar-refractivity contribution in [2.24, 2.45) is 5.92 Å². The highest BCUT2D eigenvalue weighted by molar-refractivity contribution is 6.64. The number of rotatable bonds is 3. The molecule has 22 heavy (non-hydrogen) atoms. The van der Waals surface area contributed by atoms with E-state index in [0.29, 0.717) is 30.5 Å². The van der Waals surface area contributed by atoms with E-state index in [0.717, 1.165) is 18.8 Å². The van der Waals surface area contributed by atoms with Gasteiger partial charge in [0.1, 0.15) is 0 Å². The minimum absolute atomic E-state index is 0.103. The van der Waals surface area contributed by atoms with Gasteiger partial charge in [0.05, 0.1) is 29.8 Å². The Morgan fingerprint density at radius 1 is 1.27 bits per heavy atom. The number of morpholine rings is 1. The van der Waals surface area contributed by atoms with Crippen LogP contribution in [-0.4, -0.2) is 44.0 Å². The lowest BCUT2D eigenvalue weighted by Crippen LogP contribution is -2.36. The van der Waals surface area contributed by atoms with Gasteiger partial charge < -0.3 is 14.5 Å². The second kappa shape index (κ2) is 6.44. The lowest BCUT2D eigenvalue weighted by molar-refractivity contribution is -0.120. The molecule has 2 heterocycles. The van der Waals surface area contributed by atoms with Crippen LogP contribution < -0.4 is 9.80 Å². The Hall–Kier alpha value is -1.30. The van der Waals surface area contributed by atoms with E-state index in [1.165, 1.54) is 0 Å². The first kappa shape index (κ1) is 15.6. The second-order valence-electron chi connectivity index (χ2n) is 5.44. The summed E-state index contributed by atoms with van der Waals surface area (Å²) >= 11 is 11.9. The lowest BCUT2D eigenvalue weighted by Gasteiger charge is -2.30. The summed E-state index contributed by atoms with van der Waals surface area (Å²) in [6, 6.07) is 5.53. The zero-order valence-corrected chi connectivity index (χ0v) is 13.4. The maximum atomic E-state index is 12.0. The Balaban J connectivity index is 1.80. The van der Waals surface area contributed by atoms with Crippen molar-refractivity contribution in [3.8, 4) is 0 Å². The zero-order chi connectivity index (χ0) is 15.7. The number of carbonyl (C=O) groups excluding carboxylic acids is 2. The highest BCUT2D eigenvalue weighted by atomic mass is 35.5. The normalized spacial score (nSPS) is 22.3. The first-order chi connectivity index (χ1) is 10.6. The number of halogens is 2. The molecule has 0 spiro atoms. The molecule has 0 N–H and O–H groups in total. The van der Waals surface area contributed by atoms with Crippen LogP contribution in [0.5, 0.6) is 0 Å². The number of hydrogen-bond acceptors (Lipinski definition) is 4. The van der Waals surface area contributed by atoms with E-state index in [4.69, 9.17) is 27.9 Å². The van der Waals surface area contributed by atoms with E-state index in [1.54, 1.807) is 11.0 Å². The number of benzene rings is 1. The molecular formula is C15H16Cl2N2O3. The third-order valence-corrected chi connectivity index (χ3v) is 4.65. The van der Waals surface area contributed by atoms with Gasteiger partial charge in [-0.1, -0.05) is 11.6 Å². The summed E-state index contributed by atoms with van der Waals surface area (Å²) in [4.78, 5) is 27.0. The van der Waals surface area contributed by atoms with E-state index >= 15 is 0 Å². The number of ether oxygens (including phenoxy) is 1. The maximum absolute atomic E-state index is 12.0. The second-order valence-corrected chi connectivity index (χ2v) is 6.22. The molecule has 0 aromatic heterocycles. The predicted molar refractivity (Wildman–Crippen MR) is 85.8 cm³/mol. The van der Waals surface area contributed by atoms with Gasteiger partial charge in [0.15, 0.2) is 0 Å². The number of nitrogens with zero attached hydrogens (tertiary/aromatic N) is 2. The third kappa shape index (κ3) is 3.07. The first-order valence-electron chi connectivity index (χ1n) is 7.18. The first-order valence-corrected chi connectivity index (χ1v) is 7.94. The summed E-state index contributed by atoms with van der Waals surface area (Å²) in [7, 11) is 0. The van der Waals surface area contributed by atoms with E-state index in [1.807, 2.05) is 12.1 Å². The fourth-order valence-corrected chi connectivity index (χ4v) is 3.27. The molecule has 2 saturated heterocycles. The quantitative estimate of drug-likeness (QED) is 0.791. The summed E-state index contributed by atoms with van der Waals surface area (Å²) in [5, 5.41) is 0.125. The molecule has 1 atom stereocenters. The molecule has 1 aromatic carbocycles. The van der Waals surface area contributed by atoms with Crippen molar-refractivity contribution in [3.63, 3.8) is 0 Å². The smallest absolute Gasteiger partial charge is 0.227 e. The van der Waals surface area contributed by atoms with Crippen molar-refractivity contribution in [3.05, 3.63) is 23.2 Å². The number of amides is 1. The molecule has 2 aliphatic heterocycles. The average molecular weight is 343 g/mol. The van der Waals surface area contributed by atoms with Crippen molar-refractivity contribution < 1.29 is 14.3 Å². The van der Waals surface area contributed by atoms with Crippen LogP contribution in [0.2, 0.25) is 5.02 Å². The van der Waals surface area contributed by atoms with E-state index in [-0.39, 0.29) is 12.3 Å². The molecule has 0 radical (unpaired) electrons. The largest absolute Gasteiger partial charge is 0.378 e. The van der Waals surface area contributed by atoms with Gasteiger partial charge >= 0.3 is 0 Å². The molecule has 1 amide bonds. The highest BCUT2D eigenvalue weighted by Crippen LogP contribution is 2.33. The Kier molecular flexibility index (Phi) is 4.57. The highest BCUT2D eigenvalue weighted by Gasteiger charge is 2.34. The zero-order valence-electron chi connectivity index (χ0n) is 11.9. The Morgan fingerprint density at radius 2 is 2.00 bits per heavy atom. The van der Waals surface area contributed by atoms with Crippen LogP contribution in [0.3, 0.4) is 0 Å².